The summed E-state index contributed by atoms with van der Waals surface area (Å²) >= 11 is 11.9. The summed E-state index contributed by atoms with van der Waals surface area (Å²) in [6.45, 7) is 4.73. The van der Waals surface area contributed by atoms with Crippen LogP contribution < -0.4 is 14.8 Å². The number of nitrogens with zero attached hydrogens (tertiary/aromatic N) is 2. The highest BCUT2D eigenvalue weighted by Gasteiger charge is 2.24. The normalized spacial score (nSPS) is 14.2. The highest BCUT2D eigenvalue weighted by Crippen LogP contribution is 2.38. The van der Waals surface area contributed by atoms with Crippen molar-refractivity contribution in [1.29, 1.82) is 0 Å². The van der Waals surface area contributed by atoms with Crippen LogP contribution in [-0.2, 0) is 4.79 Å². The van der Waals surface area contributed by atoms with Crippen molar-refractivity contribution in [3.63, 3.8) is 0 Å². The molecule has 2 aromatic carbocycles. The molecule has 0 spiro atoms. The van der Waals surface area contributed by atoms with Crippen molar-refractivity contribution in [3.8, 4) is 11.5 Å². The van der Waals surface area contributed by atoms with Gasteiger partial charge in [-0.1, -0.05) is 29.8 Å². The van der Waals surface area contributed by atoms with Gasteiger partial charge in [0.2, 0.25) is 5.91 Å². The Labute approximate surface area is 200 Å². The number of methoxy groups -OCH3 is 1. The molecule has 1 amide bonds. The third kappa shape index (κ3) is 4.84. The number of hydrogen-bond acceptors (Lipinski definition) is 5. The molecule has 0 saturated carbocycles. The molecular formula is C24H22Cl2FN3O3. The number of hydrogen-bond donors (Lipinski definition) is 1. The van der Waals surface area contributed by atoms with E-state index in [0.717, 1.165) is 5.39 Å². The molecule has 4 rings (SSSR count). The number of anilines is 2. The molecule has 0 radical (unpaired) electrons. The number of amides is 1. The Balaban J connectivity index is 1.63. The van der Waals surface area contributed by atoms with Crippen LogP contribution in [0.1, 0.15) is 12.8 Å². The lowest BCUT2D eigenvalue weighted by molar-refractivity contribution is -0.127. The fourth-order valence-electron chi connectivity index (χ4n) is 3.78. The van der Waals surface area contributed by atoms with Crippen molar-refractivity contribution < 1.29 is 18.7 Å². The van der Waals surface area contributed by atoms with Crippen LogP contribution in [-0.4, -0.2) is 42.1 Å². The summed E-state index contributed by atoms with van der Waals surface area (Å²) < 4.78 is 26.4. The number of nitrogens with one attached hydrogen (secondary N) is 1. The maximum atomic E-state index is 14.6. The van der Waals surface area contributed by atoms with E-state index in [1.807, 2.05) is 6.07 Å². The molecule has 0 bridgehead atoms. The van der Waals surface area contributed by atoms with Crippen molar-refractivity contribution in [2.75, 3.05) is 25.5 Å². The number of piperidine rings is 1. The Morgan fingerprint density at radius 2 is 1.97 bits per heavy atom. The first-order valence-electron chi connectivity index (χ1n) is 10.4. The maximum absolute atomic E-state index is 14.6. The Bertz CT molecular complexity index is 1210. The molecule has 1 fully saturated rings. The quantitative estimate of drug-likeness (QED) is 0.340. The summed E-state index contributed by atoms with van der Waals surface area (Å²) in [5, 5.41) is 3.78. The number of carbonyl (C=O) groups excluding carboxylic acids is 1. The van der Waals surface area contributed by atoms with Gasteiger partial charge < -0.3 is 19.7 Å². The van der Waals surface area contributed by atoms with Crippen molar-refractivity contribution >= 4 is 51.4 Å². The largest absolute Gasteiger partial charge is 0.493 e. The minimum atomic E-state index is -0.639. The van der Waals surface area contributed by atoms with E-state index in [4.69, 9.17) is 32.7 Å². The summed E-state index contributed by atoms with van der Waals surface area (Å²) in [7, 11) is 1.56. The molecule has 0 atom stereocenters. The third-order valence-electron chi connectivity index (χ3n) is 5.55. The van der Waals surface area contributed by atoms with Crippen LogP contribution in [0.4, 0.5) is 15.8 Å². The van der Waals surface area contributed by atoms with Gasteiger partial charge in [-0.3, -0.25) is 9.78 Å². The van der Waals surface area contributed by atoms with E-state index in [-0.39, 0.29) is 27.7 Å². The van der Waals surface area contributed by atoms with Gasteiger partial charge in [-0.05, 0) is 30.3 Å². The highest BCUT2D eigenvalue weighted by molar-refractivity contribution is 6.42. The summed E-state index contributed by atoms with van der Waals surface area (Å²) in [5.74, 6) is 0.370. The van der Waals surface area contributed by atoms with Gasteiger partial charge in [-0.2, -0.15) is 0 Å². The molecule has 6 nitrogen and oxygen atoms in total. The van der Waals surface area contributed by atoms with Crippen LogP contribution >= 0.6 is 23.2 Å². The first kappa shape index (κ1) is 23.1. The van der Waals surface area contributed by atoms with Gasteiger partial charge in [0.05, 0.1) is 28.4 Å². The fourth-order valence-corrected chi connectivity index (χ4v) is 4.10. The van der Waals surface area contributed by atoms with Crippen LogP contribution in [0, 0.1) is 5.82 Å². The summed E-state index contributed by atoms with van der Waals surface area (Å²) in [5.41, 5.74) is 1.46. The average molecular weight is 490 g/mol. The van der Waals surface area contributed by atoms with Crippen LogP contribution in [0.15, 0.2) is 49.2 Å². The van der Waals surface area contributed by atoms with Crippen LogP contribution in [0.3, 0.4) is 0 Å². The molecule has 1 aromatic heterocycles. The third-order valence-corrected chi connectivity index (χ3v) is 6.33. The molecule has 1 aliphatic heterocycles. The minimum Gasteiger partial charge on any atom is -0.493 e. The van der Waals surface area contributed by atoms with E-state index in [2.05, 4.69) is 16.9 Å². The number of likely N-dealkylation sites (tertiary alicyclic amines) is 1. The number of rotatable bonds is 6. The second-order valence-electron chi connectivity index (χ2n) is 7.57. The van der Waals surface area contributed by atoms with E-state index in [0.29, 0.717) is 48.6 Å². The summed E-state index contributed by atoms with van der Waals surface area (Å²) in [6.07, 6.45) is 4.24. The Morgan fingerprint density at radius 3 is 2.67 bits per heavy atom. The lowest BCUT2D eigenvalue weighted by atomic mass is 10.1. The van der Waals surface area contributed by atoms with Gasteiger partial charge >= 0.3 is 0 Å². The van der Waals surface area contributed by atoms with E-state index in [1.165, 1.54) is 18.2 Å². The number of aromatic nitrogens is 1. The average Bonchev–Trinajstić information content (AvgIpc) is 2.84. The van der Waals surface area contributed by atoms with E-state index >= 15 is 0 Å². The number of ether oxygens (including phenoxy) is 2. The molecule has 1 aliphatic rings. The molecule has 2 heterocycles. The molecule has 1 N–H and O–H groups in total. The molecule has 0 unspecified atom stereocenters. The van der Waals surface area contributed by atoms with E-state index in [1.54, 1.807) is 30.3 Å². The highest BCUT2D eigenvalue weighted by atomic mass is 35.5. The fraction of sp³-hybridized carbons (Fsp3) is 0.250. The Morgan fingerprint density at radius 1 is 1.21 bits per heavy atom. The molecule has 9 heteroatoms. The van der Waals surface area contributed by atoms with Crippen LogP contribution in [0.5, 0.6) is 11.5 Å². The topological polar surface area (TPSA) is 63.7 Å². The smallest absolute Gasteiger partial charge is 0.245 e. The van der Waals surface area contributed by atoms with Crippen molar-refractivity contribution in [3.05, 3.63) is 65.0 Å². The van der Waals surface area contributed by atoms with Gasteiger partial charge in [-0.25, -0.2) is 4.39 Å². The number of fused-ring (bicyclic) bond motifs is 1. The van der Waals surface area contributed by atoms with Gasteiger partial charge in [-0.15, -0.1) is 0 Å². The summed E-state index contributed by atoms with van der Waals surface area (Å²) in [6, 6.07) is 8.38. The summed E-state index contributed by atoms with van der Waals surface area (Å²) in [4.78, 5) is 18.0. The molecule has 33 heavy (non-hydrogen) atoms. The lowest BCUT2D eigenvalue weighted by Gasteiger charge is -2.31. The van der Waals surface area contributed by atoms with Gasteiger partial charge in [0, 0.05) is 49.3 Å². The van der Waals surface area contributed by atoms with Gasteiger partial charge in [0.25, 0.3) is 0 Å². The monoisotopic (exact) mass is 489 g/mol. The molecule has 3 aromatic rings. The molecule has 172 valence electrons. The van der Waals surface area contributed by atoms with Crippen molar-refractivity contribution in [2.24, 2.45) is 0 Å². The zero-order valence-electron chi connectivity index (χ0n) is 17.9. The SMILES string of the molecule is C=CC(=O)N1CCC(Oc2cc3c(Nc4ccc(Cl)c(Cl)c4F)ccnc3cc2OC)CC1. The second kappa shape index (κ2) is 9.85. The maximum Gasteiger partial charge on any atom is 0.245 e. The van der Waals surface area contributed by atoms with Crippen LogP contribution in [0.2, 0.25) is 10.0 Å². The first-order valence-corrected chi connectivity index (χ1v) is 11.1. The van der Waals surface area contributed by atoms with Crippen molar-refractivity contribution in [1.82, 2.24) is 9.88 Å². The Kier molecular flexibility index (Phi) is 6.91. The molecular weight excluding hydrogens is 468 g/mol. The zero-order valence-corrected chi connectivity index (χ0v) is 19.4. The number of benzene rings is 2. The van der Waals surface area contributed by atoms with Gasteiger partial charge in [0.1, 0.15) is 6.10 Å². The number of pyridine rings is 1. The lowest BCUT2D eigenvalue weighted by Crippen LogP contribution is -2.41. The van der Waals surface area contributed by atoms with E-state index < -0.39 is 5.82 Å². The van der Waals surface area contributed by atoms with Crippen molar-refractivity contribution in [2.45, 2.75) is 18.9 Å². The van der Waals surface area contributed by atoms with E-state index in [9.17, 15) is 9.18 Å². The predicted octanol–water partition coefficient (Wildman–Crippen LogP) is 5.99. The molecule has 0 aliphatic carbocycles. The van der Waals surface area contributed by atoms with Gasteiger partial charge in [0.15, 0.2) is 17.3 Å². The van der Waals surface area contributed by atoms with Crippen LogP contribution in [0.25, 0.3) is 10.9 Å². The number of halogens is 3. The standard InChI is InChI=1S/C24H22Cl2FN3O3/c1-3-22(31)30-10-7-14(8-11-30)33-21-12-15-17(6-9-28-19(15)13-20(21)32-2)29-18-5-4-16(25)23(26)24(18)27/h3-6,9,12-14H,1,7-8,10-11H2,2H3,(H,28,29). The Hall–Kier alpha value is -3.03. The second-order valence-corrected chi connectivity index (χ2v) is 8.36. The molecule has 1 saturated heterocycles. The number of carbonyl (C=O) groups is 1. The zero-order chi connectivity index (χ0) is 23.5. The first-order chi connectivity index (χ1) is 15.9. The minimum absolute atomic E-state index is 0.0759. The predicted molar refractivity (Wildman–Crippen MR) is 128 cm³/mol.